The summed E-state index contributed by atoms with van der Waals surface area (Å²) in [5, 5.41) is 21.6. The lowest BCUT2D eigenvalue weighted by molar-refractivity contribution is -0.0459. The molecule has 3 heterocycles. The number of aliphatic hydroxyl groups is 2. The molecule has 5 N–H and O–H groups in total. The number of aromatic nitrogens is 4. The molecule has 10 heteroatoms. The highest BCUT2D eigenvalue weighted by Crippen LogP contribution is 2.34. The standard InChI is InChI=1S/C11H15FN6O3/c1-14-8-6-9(17-11(13)16-8)18(3-15-6)10-5(12)7(20)4(2-19)21-10/h3-5,7,10,19-20H,2H2,1H3,(H3,13,14,16,17)/t4?,5-,7-,10-/m1/s1. The van der Waals surface area contributed by atoms with Crippen molar-refractivity contribution >= 4 is 22.9 Å². The third kappa shape index (κ3) is 2.07. The summed E-state index contributed by atoms with van der Waals surface area (Å²) in [6.45, 7) is -0.483. The van der Waals surface area contributed by atoms with Gasteiger partial charge in [0.05, 0.1) is 12.9 Å². The second kappa shape index (κ2) is 5.06. The molecule has 0 amide bonds. The summed E-state index contributed by atoms with van der Waals surface area (Å²) in [5.41, 5.74) is 6.30. The number of aliphatic hydroxyl groups excluding tert-OH is 2. The summed E-state index contributed by atoms with van der Waals surface area (Å²) in [5.74, 6) is 0.408. The number of nitrogens with zero attached hydrogens (tertiary/aromatic N) is 4. The van der Waals surface area contributed by atoms with Crippen molar-refractivity contribution in [3.63, 3.8) is 0 Å². The van der Waals surface area contributed by atoms with Gasteiger partial charge < -0.3 is 26.0 Å². The Morgan fingerprint density at radius 2 is 2.29 bits per heavy atom. The van der Waals surface area contributed by atoms with Crippen LogP contribution in [0.2, 0.25) is 0 Å². The van der Waals surface area contributed by atoms with Crippen LogP contribution in [-0.4, -0.2) is 61.8 Å². The number of fused-ring (bicyclic) bond motifs is 1. The summed E-state index contributed by atoms with van der Waals surface area (Å²) in [7, 11) is 1.65. The van der Waals surface area contributed by atoms with Gasteiger partial charge in [0.2, 0.25) is 5.95 Å². The number of nitrogens with one attached hydrogen (secondary N) is 1. The van der Waals surface area contributed by atoms with Crippen LogP contribution in [0.3, 0.4) is 0 Å². The fraction of sp³-hybridized carbons (Fsp3) is 0.545. The van der Waals surface area contributed by atoms with Crippen LogP contribution in [0.1, 0.15) is 6.23 Å². The third-order valence-corrected chi connectivity index (χ3v) is 3.42. The summed E-state index contributed by atoms with van der Waals surface area (Å²) < 4.78 is 20.8. The zero-order chi connectivity index (χ0) is 15.1. The minimum absolute atomic E-state index is 0.00117. The van der Waals surface area contributed by atoms with Crippen LogP contribution in [0.5, 0.6) is 0 Å². The number of nitrogen functional groups attached to an aromatic ring is 1. The molecule has 2 aromatic heterocycles. The van der Waals surface area contributed by atoms with E-state index in [0.29, 0.717) is 11.3 Å². The van der Waals surface area contributed by atoms with Crippen molar-refractivity contribution in [1.82, 2.24) is 19.5 Å². The fourth-order valence-corrected chi connectivity index (χ4v) is 2.37. The smallest absolute Gasteiger partial charge is 0.224 e. The summed E-state index contributed by atoms with van der Waals surface area (Å²) in [6, 6.07) is 0. The highest BCUT2D eigenvalue weighted by atomic mass is 19.1. The molecule has 0 saturated carbocycles. The topological polar surface area (TPSA) is 131 Å². The van der Waals surface area contributed by atoms with Crippen molar-refractivity contribution < 1.29 is 19.3 Å². The van der Waals surface area contributed by atoms with Gasteiger partial charge >= 0.3 is 0 Å². The molecule has 1 unspecified atom stereocenters. The van der Waals surface area contributed by atoms with E-state index in [1.807, 2.05) is 0 Å². The van der Waals surface area contributed by atoms with E-state index in [1.54, 1.807) is 7.05 Å². The van der Waals surface area contributed by atoms with E-state index < -0.39 is 31.2 Å². The van der Waals surface area contributed by atoms with Crippen molar-refractivity contribution in [3.05, 3.63) is 6.33 Å². The Morgan fingerprint density at radius 3 is 2.90 bits per heavy atom. The average Bonchev–Trinajstić information content (AvgIpc) is 3.01. The molecular formula is C11H15FN6O3. The first-order valence-corrected chi connectivity index (χ1v) is 6.33. The van der Waals surface area contributed by atoms with Gasteiger partial charge in [-0.05, 0) is 0 Å². The van der Waals surface area contributed by atoms with Crippen LogP contribution in [0, 0.1) is 0 Å². The Bertz CT molecular complexity index is 665. The lowest BCUT2D eigenvalue weighted by atomic mass is 10.1. The van der Waals surface area contributed by atoms with Crippen LogP contribution in [0.15, 0.2) is 6.33 Å². The van der Waals surface area contributed by atoms with Gasteiger partial charge in [-0.25, -0.2) is 9.37 Å². The monoisotopic (exact) mass is 298 g/mol. The lowest BCUT2D eigenvalue weighted by Crippen LogP contribution is -2.30. The third-order valence-electron chi connectivity index (χ3n) is 3.42. The van der Waals surface area contributed by atoms with Gasteiger partial charge in [-0.3, -0.25) is 4.57 Å². The predicted molar refractivity (Wildman–Crippen MR) is 71.2 cm³/mol. The molecule has 0 spiro atoms. The molecule has 0 radical (unpaired) electrons. The molecule has 3 rings (SSSR count). The van der Waals surface area contributed by atoms with E-state index >= 15 is 0 Å². The summed E-state index contributed by atoms with van der Waals surface area (Å²) in [6.07, 6.45) is -3.93. The highest BCUT2D eigenvalue weighted by Gasteiger charge is 2.45. The van der Waals surface area contributed by atoms with Crippen molar-refractivity contribution in [1.29, 1.82) is 0 Å². The Balaban J connectivity index is 2.07. The Hall–Kier alpha value is -2.04. The molecule has 21 heavy (non-hydrogen) atoms. The van der Waals surface area contributed by atoms with Gasteiger partial charge in [0.25, 0.3) is 0 Å². The second-order valence-electron chi connectivity index (χ2n) is 4.69. The molecule has 0 bridgehead atoms. The number of ether oxygens (including phenoxy) is 1. The number of alkyl halides is 1. The molecule has 1 aliphatic rings. The molecule has 2 aromatic rings. The SMILES string of the molecule is CNc1nc(N)nc2c1ncn2[C@@H]1OC(CO)[C@@H](O)[C@H]1F. The highest BCUT2D eigenvalue weighted by molar-refractivity contribution is 5.84. The van der Waals surface area contributed by atoms with E-state index in [0.717, 1.165) is 0 Å². The molecule has 1 saturated heterocycles. The van der Waals surface area contributed by atoms with E-state index in [1.165, 1.54) is 10.9 Å². The maximum absolute atomic E-state index is 14.2. The van der Waals surface area contributed by atoms with Crippen LogP contribution in [0.25, 0.3) is 11.2 Å². The minimum Gasteiger partial charge on any atom is -0.394 e. The normalized spacial score (nSPS) is 29.1. The molecule has 9 nitrogen and oxygen atoms in total. The van der Waals surface area contributed by atoms with E-state index in [-0.39, 0.29) is 11.6 Å². The van der Waals surface area contributed by atoms with E-state index in [9.17, 15) is 9.50 Å². The van der Waals surface area contributed by atoms with Crippen LogP contribution < -0.4 is 11.1 Å². The molecule has 0 aromatic carbocycles. The largest absolute Gasteiger partial charge is 0.394 e. The number of nitrogens with two attached hydrogens (primary N) is 1. The Kier molecular flexibility index (Phi) is 3.35. The molecule has 1 aliphatic heterocycles. The molecule has 0 aliphatic carbocycles. The minimum atomic E-state index is -1.71. The fourth-order valence-electron chi connectivity index (χ4n) is 2.37. The summed E-state index contributed by atoms with van der Waals surface area (Å²) >= 11 is 0. The Labute approximate surface area is 118 Å². The zero-order valence-corrected chi connectivity index (χ0v) is 11.1. The van der Waals surface area contributed by atoms with Crippen LogP contribution in [0.4, 0.5) is 16.2 Å². The maximum Gasteiger partial charge on any atom is 0.224 e. The quantitative estimate of drug-likeness (QED) is 0.569. The van der Waals surface area contributed by atoms with Crippen molar-refractivity contribution in [2.75, 3.05) is 24.7 Å². The molecule has 4 atom stereocenters. The second-order valence-corrected chi connectivity index (χ2v) is 4.69. The van der Waals surface area contributed by atoms with Gasteiger partial charge in [0.1, 0.15) is 12.2 Å². The van der Waals surface area contributed by atoms with Gasteiger partial charge in [-0.1, -0.05) is 0 Å². The number of rotatable bonds is 3. The van der Waals surface area contributed by atoms with Gasteiger partial charge in [0.15, 0.2) is 29.4 Å². The van der Waals surface area contributed by atoms with Crippen LogP contribution in [-0.2, 0) is 4.74 Å². The number of imidazole rings is 1. The number of anilines is 2. The molecular weight excluding hydrogens is 283 g/mol. The average molecular weight is 298 g/mol. The van der Waals surface area contributed by atoms with Crippen LogP contribution >= 0.6 is 0 Å². The number of hydrogen-bond donors (Lipinski definition) is 4. The van der Waals surface area contributed by atoms with Gasteiger partial charge in [0, 0.05) is 7.05 Å². The van der Waals surface area contributed by atoms with Gasteiger partial charge in [-0.15, -0.1) is 0 Å². The molecule has 114 valence electrons. The van der Waals surface area contributed by atoms with E-state index in [2.05, 4.69) is 20.3 Å². The maximum atomic E-state index is 14.2. The number of hydrogen-bond acceptors (Lipinski definition) is 8. The van der Waals surface area contributed by atoms with Crippen molar-refractivity contribution in [3.8, 4) is 0 Å². The first kappa shape index (κ1) is 13.9. The van der Waals surface area contributed by atoms with Crippen molar-refractivity contribution in [2.45, 2.75) is 24.6 Å². The Morgan fingerprint density at radius 1 is 1.52 bits per heavy atom. The molecule has 1 fully saturated rings. The predicted octanol–water partition coefficient (Wildman–Crippen LogP) is -0.961. The zero-order valence-electron chi connectivity index (χ0n) is 11.1. The van der Waals surface area contributed by atoms with E-state index in [4.69, 9.17) is 15.6 Å². The lowest BCUT2D eigenvalue weighted by Gasteiger charge is -2.15. The summed E-state index contributed by atoms with van der Waals surface area (Å²) in [4.78, 5) is 12.1. The first-order chi connectivity index (χ1) is 10.1. The first-order valence-electron chi connectivity index (χ1n) is 6.33. The van der Waals surface area contributed by atoms with Crippen molar-refractivity contribution in [2.24, 2.45) is 0 Å². The van der Waals surface area contributed by atoms with Gasteiger partial charge in [-0.2, -0.15) is 9.97 Å². The number of halogens is 1.